The molecule has 1 aliphatic heterocycles. The quantitative estimate of drug-likeness (QED) is 0.557. The van der Waals surface area contributed by atoms with Crippen LogP contribution in [0, 0.1) is 0 Å². The molecule has 3 N–H and O–H groups in total. The third kappa shape index (κ3) is 1.79. The molecule has 0 unspecified atom stereocenters. The van der Waals surface area contributed by atoms with Crippen LogP contribution in [0.4, 0.5) is 5.69 Å². The number of hydrogen-bond donors (Lipinski definition) is 3. The number of ether oxygens (including phenoxy) is 1. The number of hydrogen-bond acceptors (Lipinski definition) is 4. The van der Waals surface area contributed by atoms with Gasteiger partial charge in [0.05, 0.1) is 5.02 Å². The van der Waals surface area contributed by atoms with E-state index in [2.05, 4.69) is 5.32 Å². The maximum absolute atomic E-state index is 11.0. The molecule has 0 fully saturated rings. The van der Waals surface area contributed by atoms with Gasteiger partial charge >= 0.3 is 7.12 Å². The van der Waals surface area contributed by atoms with Crippen LogP contribution < -0.4 is 15.5 Å². The van der Waals surface area contributed by atoms with Gasteiger partial charge in [-0.1, -0.05) is 17.7 Å². The molecule has 0 saturated heterocycles. The predicted octanol–water partition coefficient (Wildman–Crippen LogP) is -0.649. The van der Waals surface area contributed by atoms with Crippen LogP contribution >= 0.6 is 11.6 Å². The second kappa shape index (κ2) is 3.73. The van der Waals surface area contributed by atoms with Crippen LogP contribution in [0.3, 0.4) is 0 Å². The number of fused-ring (bicyclic) bond motifs is 1. The lowest BCUT2D eigenvalue weighted by atomic mass is 9.80. The Morgan fingerprint density at radius 2 is 2.20 bits per heavy atom. The van der Waals surface area contributed by atoms with Crippen LogP contribution in [0.1, 0.15) is 0 Å². The Morgan fingerprint density at radius 3 is 2.87 bits per heavy atom. The minimum atomic E-state index is -1.68. The average Bonchev–Trinajstić information content (AvgIpc) is 2.19. The van der Waals surface area contributed by atoms with Crippen molar-refractivity contribution < 1.29 is 19.6 Å². The predicted molar refractivity (Wildman–Crippen MR) is 55.4 cm³/mol. The lowest BCUT2D eigenvalue weighted by Crippen LogP contribution is -2.33. The van der Waals surface area contributed by atoms with Crippen LogP contribution in [0.5, 0.6) is 5.75 Å². The van der Waals surface area contributed by atoms with E-state index in [4.69, 9.17) is 26.4 Å². The van der Waals surface area contributed by atoms with Crippen LogP contribution in [0.2, 0.25) is 5.02 Å². The van der Waals surface area contributed by atoms with Gasteiger partial charge < -0.3 is 20.1 Å². The van der Waals surface area contributed by atoms with Crippen LogP contribution in [0.15, 0.2) is 12.1 Å². The summed E-state index contributed by atoms with van der Waals surface area (Å²) in [5.74, 6) is 0.0954. The first kappa shape index (κ1) is 10.3. The highest BCUT2D eigenvalue weighted by atomic mass is 35.5. The summed E-state index contributed by atoms with van der Waals surface area (Å²) in [5.41, 5.74) is 0.403. The van der Waals surface area contributed by atoms with Gasteiger partial charge in [-0.2, -0.15) is 0 Å². The van der Waals surface area contributed by atoms with Crippen molar-refractivity contribution in [1.82, 2.24) is 0 Å². The maximum Gasteiger partial charge on any atom is 0.490 e. The summed E-state index contributed by atoms with van der Waals surface area (Å²) in [6.45, 7) is -0.0651. The van der Waals surface area contributed by atoms with Crippen molar-refractivity contribution in [3.63, 3.8) is 0 Å². The molecule has 7 heteroatoms. The largest absolute Gasteiger partial charge is 0.490 e. The smallest absolute Gasteiger partial charge is 0.482 e. The SMILES string of the molecule is O=C1COc2ccc(B(O)O)c(Cl)c2N1. The molecular weight excluding hydrogens is 220 g/mol. The monoisotopic (exact) mass is 227 g/mol. The van der Waals surface area contributed by atoms with Crippen LogP contribution in [0.25, 0.3) is 0 Å². The molecule has 0 radical (unpaired) electrons. The zero-order valence-corrected chi connectivity index (χ0v) is 8.28. The summed E-state index contributed by atoms with van der Waals surface area (Å²) in [6.07, 6.45) is 0. The van der Waals surface area contributed by atoms with Gasteiger partial charge in [0.2, 0.25) is 0 Å². The Morgan fingerprint density at radius 1 is 1.47 bits per heavy atom. The summed E-state index contributed by atoms with van der Waals surface area (Å²) < 4.78 is 5.09. The normalized spacial score (nSPS) is 13.9. The zero-order valence-electron chi connectivity index (χ0n) is 7.53. The third-order valence-electron chi connectivity index (χ3n) is 2.03. The molecule has 2 rings (SSSR count). The molecule has 0 atom stereocenters. The molecular formula is C8H7BClNO4. The van der Waals surface area contributed by atoms with E-state index >= 15 is 0 Å². The van der Waals surface area contributed by atoms with Crippen molar-refractivity contribution >= 4 is 35.8 Å². The standard InChI is InChI=1S/C8H7BClNO4/c10-7-4(9(13)14)1-2-5-8(7)11-6(12)3-15-5/h1-2,13-14H,3H2,(H,11,12). The summed E-state index contributed by atoms with van der Waals surface area (Å²) in [7, 11) is -1.68. The van der Waals surface area contributed by atoms with Crippen molar-refractivity contribution in [2.24, 2.45) is 0 Å². The Kier molecular flexibility index (Phi) is 2.56. The van der Waals surface area contributed by atoms with Gasteiger partial charge in [-0.05, 0) is 6.07 Å². The van der Waals surface area contributed by atoms with Crippen molar-refractivity contribution in [2.45, 2.75) is 0 Å². The summed E-state index contributed by atoms with van der Waals surface area (Å²) in [5, 5.41) is 20.6. The molecule has 0 bridgehead atoms. The molecule has 1 aliphatic rings. The Balaban J connectivity index is 2.51. The van der Waals surface area contributed by atoms with E-state index in [-0.39, 0.29) is 28.7 Å². The fourth-order valence-corrected chi connectivity index (χ4v) is 1.63. The Hall–Kier alpha value is -1.24. The fourth-order valence-electron chi connectivity index (χ4n) is 1.33. The first-order chi connectivity index (χ1) is 7.09. The molecule has 15 heavy (non-hydrogen) atoms. The average molecular weight is 227 g/mol. The molecule has 0 aliphatic carbocycles. The van der Waals surface area contributed by atoms with E-state index in [9.17, 15) is 4.79 Å². The van der Waals surface area contributed by atoms with Crippen molar-refractivity contribution in [3.05, 3.63) is 17.2 Å². The molecule has 1 aromatic carbocycles. The minimum Gasteiger partial charge on any atom is -0.482 e. The molecule has 78 valence electrons. The van der Waals surface area contributed by atoms with E-state index in [1.54, 1.807) is 0 Å². The van der Waals surface area contributed by atoms with Gasteiger partial charge in [0.25, 0.3) is 5.91 Å². The lowest BCUT2D eigenvalue weighted by Gasteiger charge is -2.20. The van der Waals surface area contributed by atoms with Crippen molar-refractivity contribution in [1.29, 1.82) is 0 Å². The zero-order chi connectivity index (χ0) is 11.0. The number of amides is 1. The first-order valence-corrected chi connectivity index (χ1v) is 4.58. The minimum absolute atomic E-state index is 0.0651. The molecule has 0 spiro atoms. The summed E-state index contributed by atoms with van der Waals surface area (Å²) >= 11 is 5.87. The first-order valence-electron chi connectivity index (χ1n) is 4.21. The van der Waals surface area contributed by atoms with Crippen molar-refractivity contribution in [2.75, 3.05) is 11.9 Å². The molecule has 0 aromatic heterocycles. The molecule has 1 heterocycles. The molecule has 1 aromatic rings. The third-order valence-corrected chi connectivity index (χ3v) is 2.44. The number of halogens is 1. The van der Waals surface area contributed by atoms with Gasteiger partial charge in [0.15, 0.2) is 6.61 Å². The second-order valence-electron chi connectivity index (χ2n) is 3.05. The fraction of sp³-hybridized carbons (Fsp3) is 0.125. The second-order valence-corrected chi connectivity index (χ2v) is 3.43. The van der Waals surface area contributed by atoms with E-state index in [1.807, 2.05) is 0 Å². The van der Waals surface area contributed by atoms with E-state index < -0.39 is 7.12 Å². The number of nitrogens with one attached hydrogen (secondary N) is 1. The Labute approximate surface area is 90.8 Å². The number of rotatable bonds is 1. The van der Waals surface area contributed by atoms with Gasteiger partial charge in [-0.15, -0.1) is 0 Å². The molecule has 1 amide bonds. The van der Waals surface area contributed by atoms with Gasteiger partial charge in [-0.3, -0.25) is 4.79 Å². The highest BCUT2D eigenvalue weighted by Crippen LogP contribution is 2.33. The van der Waals surface area contributed by atoms with Crippen LogP contribution in [-0.2, 0) is 4.79 Å². The highest BCUT2D eigenvalue weighted by molar-refractivity contribution is 6.63. The van der Waals surface area contributed by atoms with Crippen LogP contribution in [-0.4, -0.2) is 29.7 Å². The van der Waals surface area contributed by atoms with Gasteiger partial charge in [0, 0.05) is 5.46 Å². The summed E-state index contributed by atoms with van der Waals surface area (Å²) in [6, 6.07) is 2.96. The number of carbonyl (C=O) groups is 1. The van der Waals surface area contributed by atoms with E-state index in [0.29, 0.717) is 5.75 Å². The van der Waals surface area contributed by atoms with Gasteiger partial charge in [-0.25, -0.2) is 0 Å². The highest BCUT2D eigenvalue weighted by Gasteiger charge is 2.24. The topological polar surface area (TPSA) is 78.8 Å². The number of carbonyl (C=O) groups excluding carboxylic acids is 1. The number of anilines is 1. The molecule has 5 nitrogen and oxygen atoms in total. The van der Waals surface area contributed by atoms with Crippen molar-refractivity contribution in [3.8, 4) is 5.75 Å². The lowest BCUT2D eigenvalue weighted by molar-refractivity contribution is -0.118. The Bertz CT molecular complexity index is 423. The van der Waals surface area contributed by atoms with E-state index in [0.717, 1.165) is 0 Å². The number of benzene rings is 1. The summed E-state index contributed by atoms with van der Waals surface area (Å²) in [4.78, 5) is 11.0. The van der Waals surface area contributed by atoms with E-state index in [1.165, 1.54) is 12.1 Å². The molecule has 0 saturated carbocycles. The van der Waals surface area contributed by atoms with Gasteiger partial charge in [0.1, 0.15) is 11.4 Å². The maximum atomic E-state index is 11.0.